The molecule has 128 valence electrons. The van der Waals surface area contributed by atoms with Crippen LogP contribution in [-0.2, 0) is 6.54 Å². The summed E-state index contributed by atoms with van der Waals surface area (Å²) < 4.78 is 0. The molecule has 1 atom stereocenters. The van der Waals surface area contributed by atoms with E-state index in [1.165, 1.54) is 27.9 Å². The van der Waals surface area contributed by atoms with Crippen LogP contribution in [0.4, 0.5) is 5.69 Å². The molecule has 3 aromatic rings. The van der Waals surface area contributed by atoms with Crippen LogP contribution in [0.3, 0.4) is 0 Å². The lowest BCUT2D eigenvalue weighted by molar-refractivity contribution is 0.830. The van der Waals surface area contributed by atoms with Gasteiger partial charge in [0.2, 0.25) is 0 Å². The molecule has 1 heteroatoms. The molecule has 0 radical (unpaired) electrons. The van der Waals surface area contributed by atoms with E-state index in [0.29, 0.717) is 5.92 Å². The lowest BCUT2D eigenvalue weighted by Crippen LogP contribution is -2.21. The van der Waals surface area contributed by atoms with Crippen LogP contribution in [0.1, 0.15) is 42.0 Å². The largest absolute Gasteiger partial charge is 0.367 e. The summed E-state index contributed by atoms with van der Waals surface area (Å²) in [5, 5.41) is 0. The van der Waals surface area contributed by atoms with Crippen LogP contribution in [0.25, 0.3) is 0 Å². The van der Waals surface area contributed by atoms with E-state index in [1.54, 1.807) is 0 Å². The van der Waals surface area contributed by atoms with Crippen LogP contribution < -0.4 is 4.90 Å². The zero-order valence-corrected chi connectivity index (χ0v) is 15.4. The van der Waals surface area contributed by atoms with Crippen molar-refractivity contribution in [1.82, 2.24) is 0 Å². The number of rotatable bonds is 6. The summed E-state index contributed by atoms with van der Waals surface area (Å²) in [7, 11) is 0. The van der Waals surface area contributed by atoms with Gasteiger partial charge in [0.15, 0.2) is 0 Å². The van der Waals surface area contributed by atoms with Crippen molar-refractivity contribution in [2.75, 3.05) is 11.4 Å². The first-order valence-corrected chi connectivity index (χ1v) is 9.12. The van der Waals surface area contributed by atoms with Crippen molar-refractivity contribution in [3.63, 3.8) is 0 Å². The summed E-state index contributed by atoms with van der Waals surface area (Å²) in [4.78, 5) is 2.41. The van der Waals surface area contributed by atoms with Gasteiger partial charge in [-0.15, -0.1) is 0 Å². The normalized spacial score (nSPS) is 12.0. The van der Waals surface area contributed by atoms with Crippen LogP contribution in [-0.4, -0.2) is 6.54 Å². The molecule has 1 unspecified atom stereocenters. The van der Waals surface area contributed by atoms with Crippen LogP contribution in [0.2, 0.25) is 0 Å². The number of nitrogens with zero attached hydrogens (tertiary/aromatic N) is 1. The zero-order chi connectivity index (χ0) is 17.6. The predicted octanol–water partition coefficient (Wildman–Crippen LogP) is 6.17. The first kappa shape index (κ1) is 17.3. The maximum absolute atomic E-state index is 2.41. The number of aryl methyl sites for hydroxylation is 1. The number of benzene rings is 3. The first-order valence-electron chi connectivity index (χ1n) is 9.12. The molecule has 0 aliphatic heterocycles. The van der Waals surface area contributed by atoms with Crippen molar-refractivity contribution in [3.8, 4) is 0 Å². The molecule has 0 aliphatic carbocycles. The van der Waals surface area contributed by atoms with Gasteiger partial charge >= 0.3 is 0 Å². The summed E-state index contributed by atoms with van der Waals surface area (Å²) in [5.41, 5.74) is 6.68. The van der Waals surface area contributed by atoms with Crippen LogP contribution >= 0.6 is 0 Å². The van der Waals surface area contributed by atoms with E-state index in [2.05, 4.69) is 105 Å². The van der Waals surface area contributed by atoms with Crippen LogP contribution in [0.15, 0.2) is 78.9 Å². The Labute approximate surface area is 151 Å². The minimum atomic E-state index is 0.416. The fourth-order valence-electron chi connectivity index (χ4n) is 3.21. The second-order valence-corrected chi connectivity index (χ2v) is 6.72. The maximum atomic E-state index is 2.41. The van der Waals surface area contributed by atoms with Gasteiger partial charge in [-0.25, -0.2) is 0 Å². The molecule has 0 saturated carbocycles. The van der Waals surface area contributed by atoms with Crippen LogP contribution in [0.5, 0.6) is 0 Å². The molecular weight excluding hydrogens is 302 g/mol. The molecule has 3 rings (SSSR count). The van der Waals surface area contributed by atoms with Crippen molar-refractivity contribution in [3.05, 3.63) is 101 Å². The standard InChI is InChI=1S/C24H27N/c1-4-25(18-21-8-6-5-7-9-21)24-16-14-23(15-17-24)20(3)22-12-10-19(2)11-13-22/h5-17,20H,4,18H2,1-3H3. The Morgan fingerprint density at radius 3 is 1.88 bits per heavy atom. The van der Waals surface area contributed by atoms with Gasteiger partial charge in [-0.05, 0) is 42.7 Å². The smallest absolute Gasteiger partial charge is 0.0429 e. The van der Waals surface area contributed by atoms with Gasteiger partial charge in [0.1, 0.15) is 0 Å². The molecule has 0 amide bonds. The molecule has 0 spiro atoms. The summed E-state index contributed by atoms with van der Waals surface area (Å²) in [6.45, 7) is 8.58. The molecular formula is C24H27N. The zero-order valence-electron chi connectivity index (χ0n) is 15.4. The van der Waals surface area contributed by atoms with Crippen molar-refractivity contribution >= 4 is 5.69 Å². The Morgan fingerprint density at radius 2 is 1.32 bits per heavy atom. The minimum Gasteiger partial charge on any atom is -0.367 e. The first-order chi connectivity index (χ1) is 12.2. The molecule has 0 N–H and O–H groups in total. The third kappa shape index (κ3) is 4.30. The minimum absolute atomic E-state index is 0.416. The molecule has 0 heterocycles. The summed E-state index contributed by atoms with van der Waals surface area (Å²) in [5.74, 6) is 0.416. The van der Waals surface area contributed by atoms with Gasteiger partial charge in [-0.1, -0.05) is 79.2 Å². The lowest BCUT2D eigenvalue weighted by Gasteiger charge is -2.24. The predicted molar refractivity (Wildman–Crippen MR) is 108 cm³/mol. The highest BCUT2D eigenvalue weighted by Crippen LogP contribution is 2.27. The Morgan fingerprint density at radius 1 is 0.760 bits per heavy atom. The van der Waals surface area contributed by atoms with Crippen molar-refractivity contribution in [2.45, 2.75) is 33.2 Å². The van der Waals surface area contributed by atoms with E-state index < -0.39 is 0 Å². The topological polar surface area (TPSA) is 3.24 Å². The Bertz CT molecular complexity index is 773. The number of hydrogen-bond donors (Lipinski definition) is 0. The van der Waals surface area contributed by atoms with Gasteiger partial charge in [0, 0.05) is 24.7 Å². The quantitative estimate of drug-likeness (QED) is 0.522. The third-order valence-corrected chi connectivity index (χ3v) is 4.93. The fourth-order valence-corrected chi connectivity index (χ4v) is 3.21. The second kappa shape index (κ2) is 8.02. The highest BCUT2D eigenvalue weighted by Gasteiger charge is 2.10. The highest BCUT2D eigenvalue weighted by molar-refractivity contribution is 5.49. The SMILES string of the molecule is CCN(Cc1ccccc1)c1ccc(C(C)c2ccc(C)cc2)cc1. The van der Waals surface area contributed by atoms with Crippen molar-refractivity contribution in [1.29, 1.82) is 0 Å². The molecule has 0 saturated heterocycles. The molecule has 0 aliphatic rings. The Kier molecular flexibility index (Phi) is 5.55. The number of anilines is 1. The lowest BCUT2D eigenvalue weighted by atomic mass is 9.92. The van der Waals surface area contributed by atoms with E-state index in [-0.39, 0.29) is 0 Å². The molecule has 3 aromatic carbocycles. The van der Waals surface area contributed by atoms with E-state index in [4.69, 9.17) is 0 Å². The summed E-state index contributed by atoms with van der Waals surface area (Å²) >= 11 is 0. The molecule has 0 fully saturated rings. The van der Waals surface area contributed by atoms with Gasteiger partial charge in [0.25, 0.3) is 0 Å². The maximum Gasteiger partial charge on any atom is 0.0429 e. The summed E-state index contributed by atoms with van der Waals surface area (Å²) in [6, 6.07) is 28.6. The van der Waals surface area contributed by atoms with Crippen LogP contribution in [0, 0.1) is 6.92 Å². The van der Waals surface area contributed by atoms with E-state index in [9.17, 15) is 0 Å². The second-order valence-electron chi connectivity index (χ2n) is 6.72. The molecule has 0 aromatic heterocycles. The Balaban J connectivity index is 1.75. The van der Waals surface area contributed by atoms with Gasteiger partial charge in [0.05, 0.1) is 0 Å². The average molecular weight is 329 g/mol. The van der Waals surface area contributed by atoms with E-state index >= 15 is 0 Å². The fraction of sp³-hybridized carbons (Fsp3) is 0.250. The van der Waals surface area contributed by atoms with Crippen molar-refractivity contribution in [2.24, 2.45) is 0 Å². The third-order valence-electron chi connectivity index (χ3n) is 4.93. The average Bonchev–Trinajstić information content (AvgIpc) is 2.67. The molecule has 1 nitrogen and oxygen atoms in total. The van der Waals surface area contributed by atoms with Crippen molar-refractivity contribution < 1.29 is 0 Å². The monoisotopic (exact) mass is 329 g/mol. The van der Waals surface area contributed by atoms with E-state index in [1.807, 2.05) is 0 Å². The van der Waals surface area contributed by atoms with Gasteiger partial charge < -0.3 is 4.90 Å². The molecule has 25 heavy (non-hydrogen) atoms. The van der Waals surface area contributed by atoms with Gasteiger partial charge in [-0.2, -0.15) is 0 Å². The highest BCUT2D eigenvalue weighted by atomic mass is 15.1. The van der Waals surface area contributed by atoms with Gasteiger partial charge in [-0.3, -0.25) is 0 Å². The molecule has 0 bridgehead atoms. The van der Waals surface area contributed by atoms with E-state index in [0.717, 1.165) is 13.1 Å². The Hall–Kier alpha value is -2.54. The summed E-state index contributed by atoms with van der Waals surface area (Å²) in [6.07, 6.45) is 0. The number of hydrogen-bond acceptors (Lipinski definition) is 1.